The molecular weight excluding hydrogens is 214 g/mol. The average molecular weight is 233 g/mol. The Kier molecular flexibility index (Phi) is 2.53. The molecule has 0 saturated heterocycles. The van der Waals surface area contributed by atoms with E-state index in [0.717, 1.165) is 12.2 Å². The van der Waals surface area contributed by atoms with Crippen LogP contribution in [-0.2, 0) is 6.42 Å². The molecule has 0 spiro atoms. The summed E-state index contributed by atoms with van der Waals surface area (Å²) in [6, 6.07) is 2.31. The van der Waals surface area contributed by atoms with Crippen molar-refractivity contribution in [1.82, 2.24) is 10.1 Å². The zero-order chi connectivity index (χ0) is 12.8. The lowest BCUT2D eigenvalue weighted by Gasteiger charge is -2.14. The van der Waals surface area contributed by atoms with E-state index in [1.807, 2.05) is 0 Å². The van der Waals surface area contributed by atoms with Crippen LogP contribution in [0.5, 0.6) is 0 Å². The van der Waals surface area contributed by atoms with Crippen LogP contribution in [0.2, 0.25) is 0 Å². The minimum absolute atomic E-state index is 0.00503. The number of aromatic nitrogens is 2. The van der Waals surface area contributed by atoms with E-state index in [4.69, 9.17) is 9.78 Å². The lowest BCUT2D eigenvalue weighted by atomic mass is 9.92. The van der Waals surface area contributed by atoms with Gasteiger partial charge in [0.25, 0.3) is 0 Å². The molecule has 1 aliphatic carbocycles. The Hall–Kier alpha value is -1.37. The van der Waals surface area contributed by atoms with Gasteiger partial charge < -0.3 is 4.52 Å². The molecule has 4 heteroatoms. The molecule has 1 fully saturated rings. The van der Waals surface area contributed by atoms with Crippen LogP contribution >= 0.6 is 0 Å². The van der Waals surface area contributed by atoms with Gasteiger partial charge in [-0.25, -0.2) is 0 Å². The minimum Gasteiger partial charge on any atom is -0.339 e. The Morgan fingerprint density at radius 1 is 1.41 bits per heavy atom. The second-order valence-electron chi connectivity index (χ2n) is 6.69. The molecule has 0 radical (unpaired) electrons. The first-order valence-electron chi connectivity index (χ1n) is 5.98. The maximum atomic E-state index is 9.03. The third-order valence-corrected chi connectivity index (χ3v) is 3.40. The molecule has 0 bridgehead atoms. The van der Waals surface area contributed by atoms with Crippen molar-refractivity contribution in [2.45, 2.75) is 47.0 Å². The molecule has 1 aliphatic rings. The quantitative estimate of drug-likeness (QED) is 0.787. The van der Waals surface area contributed by atoms with Gasteiger partial charge >= 0.3 is 0 Å². The summed E-state index contributed by atoms with van der Waals surface area (Å²) < 4.78 is 5.29. The van der Waals surface area contributed by atoms with E-state index >= 15 is 0 Å². The first-order valence-corrected chi connectivity index (χ1v) is 5.98. The fourth-order valence-corrected chi connectivity index (χ4v) is 2.28. The molecule has 17 heavy (non-hydrogen) atoms. The summed E-state index contributed by atoms with van der Waals surface area (Å²) in [5, 5.41) is 13.0. The summed E-state index contributed by atoms with van der Waals surface area (Å²) in [6.07, 6.45) is 0.793. The third kappa shape index (κ3) is 2.19. The molecule has 1 aromatic rings. The maximum Gasteiger partial charge on any atom is 0.231 e. The second-order valence-corrected chi connectivity index (χ2v) is 6.69. The van der Waals surface area contributed by atoms with Gasteiger partial charge in [0.05, 0.1) is 17.9 Å². The summed E-state index contributed by atoms with van der Waals surface area (Å²) in [4.78, 5) is 4.42. The van der Waals surface area contributed by atoms with Crippen LogP contribution in [0.15, 0.2) is 4.52 Å². The van der Waals surface area contributed by atoms with Crippen molar-refractivity contribution in [3.63, 3.8) is 0 Å². The summed E-state index contributed by atoms with van der Waals surface area (Å²) in [7, 11) is 0. The van der Waals surface area contributed by atoms with Gasteiger partial charge in [0.15, 0.2) is 5.82 Å². The number of nitriles is 1. The molecule has 2 unspecified atom stereocenters. The molecule has 0 amide bonds. The van der Waals surface area contributed by atoms with E-state index in [-0.39, 0.29) is 22.7 Å². The molecule has 0 N–H and O–H groups in total. The first kappa shape index (κ1) is 12.1. The molecule has 92 valence electrons. The van der Waals surface area contributed by atoms with Crippen LogP contribution in [0.4, 0.5) is 0 Å². The predicted octanol–water partition coefficient (Wildman–Crippen LogP) is 2.92. The Morgan fingerprint density at radius 2 is 2.06 bits per heavy atom. The van der Waals surface area contributed by atoms with Crippen molar-refractivity contribution in [2.24, 2.45) is 16.7 Å². The SMILES string of the molecule is CC(C)(C)Cc1noc(C2C(C#N)C2(C)C)n1. The van der Waals surface area contributed by atoms with Gasteiger partial charge in [0, 0.05) is 6.42 Å². The third-order valence-electron chi connectivity index (χ3n) is 3.40. The van der Waals surface area contributed by atoms with E-state index < -0.39 is 0 Å². The van der Waals surface area contributed by atoms with E-state index in [1.165, 1.54) is 0 Å². The topological polar surface area (TPSA) is 62.7 Å². The van der Waals surface area contributed by atoms with Crippen LogP contribution in [-0.4, -0.2) is 10.1 Å². The van der Waals surface area contributed by atoms with Crippen LogP contribution in [0.3, 0.4) is 0 Å². The monoisotopic (exact) mass is 233 g/mol. The highest BCUT2D eigenvalue weighted by Gasteiger charge is 2.62. The van der Waals surface area contributed by atoms with Gasteiger partial charge in [0.1, 0.15) is 0 Å². The number of hydrogen-bond donors (Lipinski definition) is 0. The standard InChI is InChI=1S/C13H19N3O/c1-12(2,3)6-9-15-11(17-16-9)10-8(7-14)13(10,4)5/h8,10H,6H2,1-5H3. The second kappa shape index (κ2) is 3.56. The highest BCUT2D eigenvalue weighted by Crippen LogP contribution is 2.63. The molecule has 4 nitrogen and oxygen atoms in total. The molecule has 0 aromatic carbocycles. The predicted molar refractivity (Wildman–Crippen MR) is 63.1 cm³/mol. The number of rotatable bonds is 2. The maximum absolute atomic E-state index is 9.03. The smallest absolute Gasteiger partial charge is 0.231 e. The lowest BCUT2D eigenvalue weighted by Crippen LogP contribution is -2.10. The average Bonchev–Trinajstić information content (AvgIpc) is 2.54. The van der Waals surface area contributed by atoms with Gasteiger partial charge in [-0.3, -0.25) is 0 Å². The van der Waals surface area contributed by atoms with Crippen molar-refractivity contribution in [2.75, 3.05) is 0 Å². The normalized spacial score (nSPS) is 26.6. The Bertz CT molecular complexity index is 462. The summed E-state index contributed by atoms with van der Waals surface area (Å²) >= 11 is 0. The molecule has 1 saturated carbocycles. The summed E-state index contributed by atoms with van der Waals surface area (Å²) in [6.45, 7) is 10.6. The largest absolute Gasteiger partial charge is 0.339 e. The van der Waals surface area contributed by atoms with E-state index in [9.17, 15) is 0 Å². The lowest BCUT2D eigenvalue weighted by molar-refractivity contribution is 0.348. The molecule has 1 heterocycles. The fraction of sp³-hybridized carbons (Fsp3) is 0.769. The van der Waals surface area contributed by atoms with E-state index in [0.29, 0.717) is 5.89 Å². The molecular formula is C13H19N3O. The molecule has 2 rings (SSSR count). The number of hydrogen-bond acceptors (Lipinski definition) is 4. The Balaban J connectivity index is 2.14. The zero-order valence-corrected chi connectivity index (χ0v) is 11.1. The van der Waals surface area contributed by atoms with Crippen molar-refractivity contribution >= 4 is 0 Å². The van der Waals surface area contributed by atoms with E-state index in [2.05, 4.69) is 50.8 Å². The van der Waals surface area contributed by atoms with Crippen LogP contribution < -0.4 is 0 Å². The van der Waals surface area contributed by atoms with Gasteiger partial charge in [-0.1, -0.05) is 39.8 Å². The van der Waals surface area contributed by atoms with Crippen molar-refractivity contribution < 1.29 is 4.52 Å². The highest BCUT2D eigenvalue weighted by atomic mass is 16.5. The van der Waals surface area contributed by atoms with Crippen LogP contribution in [0, 0.1) is 28.1 Å². The Labute approximate surface area is 102 Å². The highest BCUT2D eigenvalue weighted by molar-refractivity contribution is 5.26. The summed E-state index contributed by atoms with van der Waals surface area (Å²) in [5.74, 6) is 1.48. The van der Waals surface area contributed by atoms with Gasteiger partial charge in [-0.15, -0.1) is 0 Å². The molecule has 2 atom stereocenters. The van der Waals surface area contributed by atoms with Gasteiger partial charge in [-0.05, 0) is 10.8 Å². The molecule has 0 aliphatic heterocycles. The van der Waals surface area contributed by atoms with Crippen molar-refractivity contribution in [1.29, 1.82) is 5.26 Å². The van der Waals surface area contributed by atoms with Gasteiger partial charge in [0.2, 0.25) is 5.89 Å². The van der Waals surface area contributed by atoms with Crippen LogP contribution in [0.25, 0.3) is 0 Å². The van der Waals surface area contributed by atoms with Crippen molar-refractivity contribution in [3.05, 3.63) is 11.7 Å². The zero-order valence-electron chi connectivity index (χ0n) is 11.1. The van der Waals surface area contributed by atoms with E-state index in [1.54, 1.807) is 0 Å². The van der Waals surface area contributed by atoms with Crippen LogP contribution in [0.1, 0.15) is 52.3 Å². The fourth-order valence-electron chi connectivity index (χ4n) is 2.28. The molecule has 1 aromatic heterocycles. The first-order chi connectivity index (χ1) is 7.75. The van der Waals surface area contributed by atoms with Gasteiger partial charge in [-0.2, -0.15) is 10.2 Å². The Morgan fingerprint density at radius 3 is 2.53 bits per heavy atom. The summed E-state index contributed by atoms with van der Waals surface area (Å²) in [5.41, 5.74) is 0.120. The minimum atomic E-state index is -0.0275. The van der Waals surface area contributed by atoms with Crippen molar-refractivity contribution in [3.8, 4) is 6.07 Å². The number of nitrogens with zero attached hydrogens (tertiary/aromatic N) is 3.